The number of carbonyl (C=O) groups excluding carboxylic acids is 1. The molecular formula is C13H10N2O5. The molecule has 0 radical (unpaired) electrons. The summed E-state index contributed by atoms with van der Waals surface area (Å²) >= 11 is 0. The number of rotatable bonds is 3. The molecule has 7 nitrogen and oxygen atoms in total. The van der Waals surface area contributed by atoms with E-state index in [-0.39, 0.29) is 29.8 Å². The Labute approximate surface area is 113 Å². The number of carboxylic acids is 2. The molecule has 2 N–H and O–H groups in total. The molecule has 1 aromatic carbocycles. The molecule has 0 spiro atoms. The van der Waals surface area contributed by atoms with Crippen molar-refractivity contribution in [3.05, 3.63) is 29.3 Å². The summed E-state index contributed by atoms with van der Waals surface area (Å²) < 4.78 is 0. The summed E-state index contributed by atoms with van der Waals surface area (Å²) in [5.41, 5.74) is 0.0845. The fourth-order valence-corrected chi connectivity index (χ4v) is 2.12. The van der Waals surface area contributed by atoms with Gasteiger partial charge >= 0.3 is 11.9 Å². The third-order valence-electron chi connectivity index (χ3n) is 3.12. The third-order valence-corrected chi connectivity index (χ3v) is 3.12. The van der Waals surface area contributed by atoms with Crippen molar-refractivity contribution in [3.8, 4) is 6.07 Å². The zero-order valence-electron chi connectivity index (χ0n) is 10.2. The average molecular weight is 274 g/mol. The molecule has 1 atom stereocenters. The Morgan fingerprint density at radius 2 is 2.05 bits per heavy atom. The lowest BCUT2D eigenvalue weighted by Gasteiger charge is -2.18. The van der Waals surface area contributed by atoms with Crippen molar-refractivity contribution in [3.63, 3.8) is 0 Å². The first kappa shape index (κ1) is 13.5. The van der Waals surface area contributed by atoms with E-state index >= 15 is 0 Å². The highest BCUT2D eigenvalue weighted by Crippen LogP contribution is 2.29. The second-order valence-electron chi connectivity index (χ2n) is 4.39. The van der Waals surface area contributed by atoms with Crippen LogP contribution in [0.4, 0.5) is 5.69 Å². The number of nitrogens with zero attached hydrogens (tertiary/aromatic N) is 2. The largest absolute Gasteiger partial charge is 0.481 e. The molecular weight excluding hydrogens is 264 g/mol. The van der Waals surface area contributed by atoms with Crippen molar-refractivity contribution in [2.45, 2.75) is 6.42 Å². The quantitative estimate of drug-likeness (QED) is 0.837. The van der Waals surface area contributed by atoms with Gasteiger partial charge in [0.2, 0.25) is 5.91 Å². The van der Waals surface area contributed by atoms with Gasteiger partial charge in [0.1, 0.15) is 0 Å². The minimum Gasteiger partial charge on any atom is -0.481 e. The Balaban J connectivity index is 2.43. The number of benzene rings is 1. The number of nitriles is 1. The molecule has 1 fully saturated rings. The van der Waals surface area contributed by atoms with Gasteiger partial charge in [0.15, 0.2) is 0 Å². The highest BCUT2D eigenvalue weighted by atomic mass is 16.4. The predicted octanol–water partition coefficient (Wildman–Crippen LogP) is 0.694. The molecule has 1 aliphatic rings. The summed E-state index contributed by atoms with van der Waals surface area (Å²) in [6.45, 7) is -0.0691. The Morgan fingerprint density at radius 1 is 1.35 bits per heavy atom. The molecule has 0 saturated carbocycles. The van der Waals surface area contributed by atoms with Gasteiger partial charge in [-0.3, -0.25) is 9.59 Å². The van der Waals surface area contributed by atoms with Gasteiger partial charge in [-0.25, -0.2) is 4.79 Å². The smallest absolute Gasteiger partial charge is 0.337 e. The van der Waals surface area contributed by atoms with Crippen molar-refractivity contribution >= 4 is 23.5 Å². The van der Waals surface area contributed by atoms with Crippen LogP contribution < -0.4 is 4.90 Å². The summed E-state index contributed by atoms with van der Waals surface area (Å²) in [6, 6.07) is 5.73. The fraction of sp³-hybridized carbons (Fsp3) is 0.231. The maximum atomic E-state index is 11.8. The van der Waals surface area contributed by atoms with Crippen LogP contribution in [0.2, 0.25) is 0 Å². The number of amides is 1. The molecule has 1 unspecified atom stereocenters. The fourth-order valence-electron chi connectivity index (χ4n) is 2.12. The lowest BCUT2D eigenvalue weighted by molar-refractivity contribution is -0.141. The first-order valence-electron chi connectivity index (χ1n) is 5.74. The standard InChI is InChI=1S/C13H10N2O5/c14-5-7-1-2-10(9(3-7)13(19)20)15-6-8(12(17)18)4-11(15)16/h1-3,8H,4,6H2,(H,17,18)(H,19,20). The van der Waals surface area contributed by atoms with E-state index in [2.05, 4.69) is 0 Å². The number of carbonyl (C=O) groups is 3. The summed E-state index contributed by atoms with van der Waals surface area (Å²) in [5.74, 6) is -3.65. The van der Waals surface area contributed by atoms with Crippen LogP contribution in [0.1, 0.15) is 22.3 Å². The minimum atomic E-state index is -1.27. The maximum Gasteiger partial charge on any atom is 0.337 e. The van der Waals surface area contributed by atoms with Gasteiger partial charge in [-0.05, 0) is 18.2 Å². The van der Waals surface area contributed by atoms with Crippen LogP contribution in [0.3, 0.4) is 0 Å². The Kier molecular flexibility index (Phi) is 3.39. The van der Waals surface area contributed by atoms with Gasteiger partial charge in [0.25, 0.3) is 0 Å². The Morgan fingerprint density at radius 3 is 2.55 bits per heavy atom. The van der Waals surface area contributed by atoms with Crippen LogP contribution in [-0.4, -0.2) is 34.6 Å². The number of carboxylic acid groups (broad SMARTS) is 2. The average Bonchev–Trinajstić information content (AvgIpc) is 2.80. The van der Waals surface area contributed by atoms with Gasteiger partial charge < -0.3 is 15.1 Å². The Bertz CT molecular complexity index is 647. The molecule has 1 heterocycles. The number of aliphatic carboxylic acids is 1. The molecule has 1 amide bonds. The van der Waals surface area contributed by atoms with Gasteiger partial charge in [-0.2, -0.15) is 5.26 Å². The van der Waals surface area contributed by atoms with E-state index in [1.807, 2.05) is 6.07 Å². The summed E-state index contributed by atoms with van der Waals surface area (Å²) in [4.78, 5) is 35.1. The number of hydrogen-bond acceptors (Lipinski definition) is 4. The van der Waals surface area contributed by atoms with E-state index in [4.69, 9.17) is 15.5 Å². The Hall–Kier alpha value is -2.88. The molecule has 20 heavy (non-hydrogen) atoms. The lowest BCUT2D eigenvalue weighted by Crippen LogP contribution is -2.27. The van der Waals surface area contributed by atoms with Crippen LogP contribution in [0.15, 0.2) is 18.2 Å². The zero-order valence-corrected chi connectivity index (χ0v) is 10.2. The van der Waals surface area contributed by atoms with Crippen LogP contribution in [0.25, 0.3) is 0 Å². The van der Waals surface area contributed by atoms with Crippen molar-refractivity contribution in [2.75, 3.05) is 11.4 Å². The second-order valence-corrected chi connectivity index (χ2v) is 4.39. The molecule has 0 aromatic heterocycles. The summed E-state index contributed by atoms with van der Waals surface area (Å²) in [6.07, 6.45) is -0.158. The highest BCUT2D eigenvalue weighted by molar-refractivity contribution is 6.05. The van der Waals surface area contributed by atoms with Crippen LogP contribution in [0.5, 0.6) is 0 Å². The first-order chi connectivity index (χ1) is 9.43. The van der Waals surface area contributed by atoms with E-state index in [0.717, 1.165) is 4.90 Å². The second kappa shape index (κ2) is 5.01. The number of hydrogen-bond donors (Lipinski definition) is 2. The third kappa shape index (κ3) is 2.31. The van der Waals surface area contributed by atoms with E-state index in [1.165, 1.54) is 18.2 Å². The highest BCUT2D eigenvalue weighted by Gasteiger charge is 2.36. The monoisotopic (exact) mass is 274 g/mol. The van der Waals surface area contributed by atoms with Crippen molar-refractivity contribution in [2.24, 2.45) is 5.92 Å². The molecule has 1 aliphatic heterocycles. The van der Waals surface area contributed by atoms with E-state index in [9.17, 15) is 14.4 Å². The zero-order chi connectivity index (χ0) is 14.9. The summed E-state index contributed by atoms with van der Waals surface area (Å²) in [7, 11) is 0. The van der Waals surface area contributed by atoms with Gasteiger partial charge in [0, 0.05) is 13.0 Å². The predicted molar refractivity (Wildman–Crippen MR) is 66.2 cm³/mol. The molecule has 102 valence electrons. The summed E-state index contributed by atoms with van der Waals surface area (Å²) in [5, 5.41) is 26.8. The van der Waals surface area contributed by atoms with Crippen molar-refractivity contribution in [1.29, 1.82) is 5.26 Å². The number of aromatic carboxylic acids is 1. The van der Waals surface area contributed by atoms with Crippen molar-refractivity contribution in [1.82, 2.24) is 0 Å². The van der Waals surface area contributed by atoms with Gasteiger partial charge in [-0.15, -0.1) is 0 Å². The molecule has 1 aromatic rings. The maximum absolute atomic E-state index is 11.8. The van der Waals surface area contributed by atoms with E-state index in [0.29, 0.717) is 0 Å². The van der Waals surface area contributed by atoms with E-state index < -0.39 is 23.8 Å². The molecule has 7 heteroatoms. The lowest BCUT2D eigenvalue weighted by atomic mass is 10.1. The topological polar surface area (TPSA) is 119 Å². The normalized spacial score (nSPS) is 17.9. The van der Waals surface area contributed by atoms with Gasteiger partial charge in [-0.1, -0.05) is 0 Å². The molecule has 2 rings (SSSR count). The first-order valence-corrected chi connectivity index (χ1v) is 5.74. The van der Waals surface area contributed by atoms with Gasteiger partial charge in [0.05, 0.1) is 28.8 Å². The van der Waals surface area contributed by atoms with Crippen molar-refractivity contribution < 1.29 is 24.6 Å². The minimum absolute atomic E-state index is 0.0691. The van der Waals surface area contributed by atoms with Crippen LogP contribution in [0, 0.1) is 17.2 Å². The molecule has 1 saturated heterocycles. The van der Waals surface area contributed by atoms with Crippen LogP contribution >= 0.6 is 0 Å². The molecule has 0 bridgehead atoms. The SMILES string of the molecule is N#Cc1ccc(N2CC(C(=O)O)CC2=O)c(C(=O)O)c1. The molecule has 0 aliphatic carbocycles. The number of anilines is 1. The van der Waals surface area contributed by atoms with Crippen LogP contribution in [-0.2, 0) is 9.59 Å². The van der Waals surface area contributed by atoms with E-state index in [1.54, 1.807) is 0 Å².